The Morgan fingerprint density at radius 3 is 2.42 bits per heavy atom. The molecule has 0 fully saturated rings. The van der Waals surface area contributed by atoms with Crippen molar-refractivity contribution < 1.29 is 4.79 Å². The normalized spacial score (nSPS) is 11.2. The van der Waals surface area contributed by atoms with Crippen LogP contribution in [0.3, 0.4) is 0 Å². The van der Waals surface area contributed by atoms with Gasteiger partial charge in [0.25, 0.3) is 0 Å². The minimum Gasteiger partial charge on any atom is -0.325 e. The molecule has 26 heavy (non-hydrogen) atoms. The topological polar surface area (TPSA) is 131 Å². The van der Waals surface area contributed by atoms with Crippen LogP contribution in [0, 0.1) is 28.6 Å². The number of aromatic nitrogens is 4. The van der Waals surface area contributed by atoms with E-state index in [1.54, 1.807) is 48.5 Å². The molecule has 3 aromatic rings. The number of H-pyrrole nitrogens is 1. The highest BCUT2D eigenvalue weighted by Crippen LogP contribution is 2.18. The molecular formula is C18H13N7O. The van der Waals surface area contributed by atoms with Gasteiger partial charge in [0, 0.05) is 11.3 Å². The van der Waals surface area contributed by atoms with Crippen molar-refractivity contribution in [3.05, 3.63) is 59.7 Å². The molecule has 1 amide bonds. The van der Waals surface area contributed by atoms with E-state index in [0.29, 0.717) is 17.1 Å². The number of anilines is 1. The Bertz CT molecular complexity index is 964. The minimum absolute atomic E-state index is 0.273. The van der Waals surface area contributed by atoms with Crippen LogP contribution in [0.25, 0.3) is 11.4 Å². The molecule has 2 N–H and O–H groups in total. The molecule has 126 valence electrons. The van der Waals surface area contributed by atoms with Gasteiger partial charge in [-0.25, -0.2) is 0 Å². The Labute approximate surface area is 149 Å². The maximum Gasteiger partial charge on any atom is 0.242 e. The summed E-state index contributed by atoms with van der Waals surface area (Å²) in [5, 5.41) is 34.5. The Morgan fingerprint density at radius 1 is 1.12 bits per heavy atom. The number of tetrazole rings is 1. The summed E-state index contributed by atoms with van der Waals surface area (Å²) in [6.07, 6.45) is 0.273. The zero-order chi connectivity index (χ0) is 18.4. The number of aromatic amines is 1. The van der Waals surface area contributed by atoms with E-state index in [0.717, 1.165) is 11.1 Å². The SMILES string of the molecule is N#Cc1ccc(CC(C#N)C(=O)Nc2ccc(-c3nn[nH]n3)cc2)cc1. The van der Waals surface area contributed by atoms with E-state index in [-0.39, 0.29) is 12.3 Å². The smallest absolute Gasteiger partial charge is 0.242 e. The van der Waals surface area contributed by atoms with E-state index >= 15 is 0 Å². The number of amides is 1. The molecule has 1 unspecified atom stereocenters. The van der Waals surface area contributed by atoms with Crippen molar-refractivity contribution in [1.29, 1.82) is 10.5 Å². The van der Waals surface area contributed by atoms with Crippen LogP contribution in [0.15, 0.2) is 48.5 Å². The largest absolute Gasteiger partial charge is 0.325 e. The van der Waals surface area contributed by atoms with Gasteiger partial charge in [-0.15, -0.1) is 10.2 Å². The number of nitrogens with one attached hydrogen (secondary N) is 2. The van der Waals surface area contributed by atoms with Crippen LogP contribution in [-0.2, 0) is 11.2 Å². The zero-order valence-electron chi connectivity index (χ0n) is 13.5. The summed E-state index contributed by atoms with van der Waals surface area (Å²) in [7, 11) is 0. The van der Waals surface area contributed by atoms with Gasteiger partial charge in [0.2, 0.25) is 11.7 Å². The molecule has 0 saturated carbocycles. The van der Waals surface area contributed by atoms with Gasteiger partial charge in [-0.05, 0) is 53.6 Å². The third kappa shape index (κ3) is 3.89. The number of rotatable bonds is 5. The number of carbonyl (C=O) groups excluding carboxylic acids is 1. The van der Waals surface area contributed by atoms with E-state index in [1.807, 2.05) is 12.1 Å². The van der Waals surface area contributed by atoms with Crippen LogP contribution in [0.2, 0.25) is 0 Å². The first-order valence-electron chi connectivity index (χ1n) is 7.73. The fraction of sp³-hybridized carbons (Fsp3) is 0.111. The standard InChI is InChI=1S/C18H13N7O/c19-10-13-3-1-12(2-4-13)9-15(11-20)18(26)21-16-7-5-14(6-8-16)17-22-24-25-23-17/h1-8,15H,9H2,(H,21,26)(H,22,23,24,25). The second-order valence-corrected chi connectivity index (χ2v) is 5.50. The summed E-state index contributed by atoms with van der Waals surface area (Å²) in [6.45, 7) is 0. The molecule has 3 rings (SSSR count). The number of hydrogen-bond donors (Lipinski definition) is 2. The van der Waals surface area contributed by atoms with Gasteiger partial charge < -0.3 is 5.32 Å². The van der Waals surface area contributed by atoms with Crippen molar-refractivity contribution >= 4 is 11.6 Å². The molecule has 0 radical (unpaired) electrons. The van der Waals surface area contributed by atoms with Gasteiger partial charge in [-0.3, -0.25) is 4.79 Å². The lowest BCUT2D eigenvalue weighted by molar-refractivity contribution is -0.118. The molecule has 0 saturated heterocycles. The van der Waals surface area contributed by atoms with Crippen LogP contribution in [-0.4, -0.2) is 26.5 Å². The van der Waals surface area contributed by atoms with Gasteiger partial charge in [0.15, 0.2) is 0 Å². The minimum atomic E-state index is -0.834. The van der Waals surface area contributed by atoms with Crippen LogP contribution in [0.4, 0.5) is 5.69 Å². The predicted octanol–water partition coefficient (Wildman–Crippen LogP) is 2.06. The third-order valence-corrected chi connectivity index (χ3v) is 3.75. The van der Waals surface area contributed by atoms with Gasteiger partial charge in [-0.2, -0.15) is 15.7 Å². The predicted molar refractivity (Wildman–Crippen MR) is 92.2 cm³/mol. The van der Waals surface area contributed by atoms with Crippen LogP contribution >= 0.6 is 0 Å². The summed E-state index contributed by atoms with van der Waals surface area (Å²) in [5.41, 5.74) is 2.68. The maximum atomic E-state index is 12.4. The van der Waals surface area contributed by atoms with Crippen LogP contribution < -0.4 is 5.32 Å². The molecule has 8 nitrogen and oxygen atoms in total. The molecule has 0 spiro atoms. The van der Waals surface area contributed by atoms with Gasteiger partial charge >= 0.3 is 0 Å². The molecule has 1 atom stereocenters. The number of benzene rings is 2. The van der Waals surface area contributed by atoms with Crippen molar-refractivity contribution in [2.24, 2.45) is 5.92 Å². The molecule has 0 aliphatic carbocycles. The lowest BCUT2D eigenvalue weighted by atomic mass is 9.99. The van der Waals surface area contributed by atoms with Crippen LogP contribution in [0.5, 0.6) is 0 Å². The second kappa shape index (κ2) is 7.69. The molecule has 8 heteroatoms. The maximum absolute atomic E-state index is 12.4. The van der Waals surface area contributed by atoms with Crippen molar-refractivity contribution in [1.82, 2.24) is 20.6 Å². The van der Waals surface area contributed by atoms with Gasteiger partial charge in [-0.1, -0.05) is 12.1 Å². The Morgan fingerprint density at radius 2 is 1.85 bits per heavy atom. The molecule has 1 aromatic heterocycles. The molecule has 0 aliphatic rings. The van der Waals surface area contributed by atoms with Crippen molar-refractivity contribution in [2.45, 2.75) is 6.42 Å². The number of hydrogen-bond acceptors (Lipinski definition) is 6. The monoisotopic (exact) mass is 343 g/mol. The lowest BCUT2D eigenvalue weighted by Gasteiger charge is -2.11. The fourth-order valence-electron chi connectivity index (χ4n) is 2.36. The summed E-state index contributed by atoms with van der Waals surface area (Å²) in [6, 6.07) is 17.8. The Hall–Kier alpha value is -4.04. The quantitative estimate of drug-likeness (QED) is 0.729. The molecule has 1 heterocycles. The van der Waals surface area contributed by atoms with Crippen molar-refractivity contribution in [2.75, 3.05) is 5.32 Å². The van der Waals surface area contributed by atoms with E-state index in [2.05, 4.69) is 25.9 Å². The zero-order valence-corrected chi connectivity index (χ0v) is 13.5. The first kappa shape index (κ1) is 16.8. The third-order valence-electron chi connectivity index (χ3n) is 3.75. The Kier molecular flexibility index (Phi) is 4.97. The van der Waals surface area contributed by atoms with Gasteiger partial charge in [0.1, 0.15) is 5.92 Å². The van der Waals surface area contributed by atoms with E-state index in [4.69, 9.17) is 5.26 Å². The van der Waals surface area contributed by atoms with Gasteiger partial charge in [0.05, 0.1) is 17.7 Å². The average Bonchev–Trinajstić information content (AvgIpc) is 3.22. The molecule has 2 aromatic carbocycles. The van der Waals surface area contributed by atoms with E-state index < -0.39 is 5.92 Å². The number of nitriles is 2. The highest BCUT2D eigenvalue weighted by atomic mass is 16.1. The summed E-state index contributed by atoms with van der Waals surface area (Å²) >= 11 is 0. The average molecular weight is 343 g/mol. The van der Waals surface area contributed by atoms with E-state index in [1.165, 1.54) is 0 Å². The number of carbonyl (C=O) groups is 1. The fourth-order valence-corrected chi connectivity index (χ4v) is 2.36. The first-order chi connectivity index (χ1) is 12.7. The van der Waals surface area contributed by atoms with Crippen LogP contribution in [0.1, 0.15) is 11.1 Å². The Balaban J connectivity index is 1.65. The van der Waals surface area contributed by atoms with Crippen molar-refractivity contribution in [3.63, 3.8) is 0 Å². The lowest BCUT2D eigenvalue weighted by Crippen LogP contribution is -2.23. The summed E-state index contributed by atoms with van der Waals surface area (Å²) < 4.78 is 0. The molecule has 0 aliphatic heterocycles. The first-order valence-corrected chi connectivity index (χ1v) is 7.73. The van der Waals surface area contributed by atoms with Crippen molar-refractivity contribution in [3.8, 4) is 23.5 Å². The molecule has 0 bridgehead atoms. The summed E-state index contributed by atoms with van der Waals surface area (Å²) in [4.78, 5) is 12.4. The second-order valence-electron chi connectivity index (χ2n) is 5.50. The summed E-state index contributed by atoms with van der Waals surface area (Å²) in [5.74, 6) is -0.761. The highest BCUT2D eigenvalue weighted by Gasteiger charge is 2.18. The van der Waals surface area contributed by atoms with E-state index in [9.17, 15) is 10.1 Å². The highest BCUT2D eigenvalue weighted by molar-refractivity contribution is 5.94. The number of nitrogens with zero attached hydrogens (tertiary/aromatic N) is 5. The molecular weight excluding hydrogens is 330 g/mol.